The Labute approximate surface area is 205 Å². The van der Waals surface area contributed by atoms with Gasteiger partial charge in [-0.25, -0.2) is 14.5 Å². The highest BCUT2D eigenvalue weighted by molar-refractivity contribution is 6.33. The Morgan fingerprint density at radius 3 is 2.86 bits per heavy atom. The minimum absolute atomic E-state index is 0.200. The van der Waals surface area contributed by atoms with E-state index < -0.39 is 5.54 Å². The summed E-state index contributed by atoms with van der Waals surface area (Å²) in [6.07, 6.45) is 6.48. The van der Waals surface area contributed by atoms with E-state index in [2.05, 4.69) is 32.8 Å². The predicted molar refractivity (Wildman–Crippen MR) is 133 cm³/mol. The number of aromatic nitrogens is 6. The molecule has 1 saturated heterocycles. The second kappa shape index (κ2) is 7.96. The molecule has 1 fully saturated rings. The Balaban J connectivity index is 1.59. The minimum atomic E-state index is -0.663. The Hall–Kier alpha value is -4.16. The van der Waals surface area contributed by atoms with Crippen LogP contribution in [-0.4, -0.2) is 35.7 Å². The van der Waals surface area contributed by atoms with Gasteiger partial charge >= 0.3 is 0 Å². The van der Waals surface area contributed by atoms with Crippen molar-refractivity contribution in [3.05, 3.63) is 87.4 Å². The lowest BCUT2D eigenvalue weighted by Crippen LogP contribution is -2.45. The number of nitrogens with one attached hydrogen (secondary N) is 1. The second-order valence-corrected chi connectivity index (χ2v) is 9.33. The van der Waals surface area contributed by atoms with Crippen molar-refractivity contribution >= 4 is 34.0 Å². The maximum atomic E-state index is 13.8. The third-order valence-electron chi connectivity index (χ3n) is 6.86. The van der Waals surface area contributed by atoms with Crippen LogP contribution in [0.5, 0.6) is 0 Å². The van der Waals surface area contributed by atoms with Crippen molar-refractivity contribution in [2.45, 2.75) is 31.8 Å². The van der Waals surface area contributed by atoms with Crippen LogP contribution in [0.3, 0.4) is 0 Å². The summed E-state index contributed by atoms with van der Waals surface area (Å²) in [5, 5.41) is 15.7. The first-order valence-corrected chi connectivity index (χ1v) is 11.7. The highest BCUT2D eigenvalue weighted by atomic mass is 35.5. The summed E-state index contributed by atoms with van der Waals surface area (Å²) in [5.41, 5.74) is 1.55. The van der Waals surface area contributed by atoms with Crippen molar-refractivity contribution in [2.75, 3.05) is 11.4 Å². The van der Waals surface area contributed by atoms with Gasteiger partial charge in [0.15, 0.2) is 5.82 Å². The normalized spacial score (nSPS) is 17.9. The van der Waals surface area contributed by atoms with Crippen LogP contribution in [-0.2, 0) is 12.1 Å². The molecule has 5 aromatic rings. The van der Waals surface area contributed by atoms with Gasteiger partial charge in [0.2, 0.25) is 0 Å². The summed E-state index contributed by atoms with van der Waals surface area (Å²) >= 11 is 6.37. The number of anilines is 1. The van der Waals surface area contributed by atoms with Crippen LogP contribution in [0.15, 0.2) is 59.9 Å². The maximum Gasteiger partial charge on any atom is 0.279 e. The van der Waals surface area contributed by atoms with E-state index in [0.29, 0.717) is 51.9 Å². The van der Waals surface area contributed by atoms with Crippen LogP contribution < -0.4 is 10.5 Å². The molecule has 0 bridgehead atoms. The zero-order chi connectivity index (χ0) is 24.2. The number of rotatable bonds is 4. The summed E-state index contributed by atoms with van der Waals surface area (Å²) in [4.78, 5) is 27.9. The van der Waals surface area contributed by atoms with Gasteiger partial charge in [-0.2, -0.15) is 10.4 Å². The van der Waals surface area contributed by atoms with Crippen molar-refractivity contribution in [3.63, 3.8) is 0 Å². The molecular weight excluding hydrogens is 464 g/mol. The SMILES string of the molecule is C[C@@]1(c2nn3ccc(Cl)c3c(=O)n2Cc2ccccc2)CCCN1c1ncnc2[nH]cc(C#N)c12. The number of hydrogen-bond donors (Lipinski definition) is 1. The molecule has 1 atom stereocenters. The van der Waals surface area contributed by atoms with Crippen molar-refractivity contribution in [3.8, 4) is 6.07 Å². The summed E-state index contributed by atoms with van der Waals surface area (Å²) < 4.78 is 3.28. The average molecular weight is 485 g/mol. The Bertz CT molecular complexity index is 1680. The molecule has 0 aliphatic carbocycles. The van der Waals surface area contributed by atoms with Crippen LogP contribution in [0.1, 0.15) is 36.7 Å². The number of H-pyrrole nitrogens is 1. The van der Waals surface area contributed by atoms with Crippen molar-refractivity contribution in [1.29, 1.82) is 5.26 Å². The van der Waals surface area contributed by atoms with Gasteiger partial charge in [-0.3, -0.25) is 9.36 Å². The van der Waals surface area contributed by atoms with Gasteiger partial charge in [0.25, 0.3) is 5.56 Å². The van der Waals surface area contributed by atoms with E-state index >= 15 is 0 Å². The maximum absolute atomic E-state index is 13.8. The lowest BCUT2D eigenvalue weighted by Gasteiger charge is -2.37. The van der Waals surface area contributed by atoms with Crippen molar-refractivity contribution in [2.24, 2.45) is 0 Å². The molecule has 1 aliphatic heterocycles. The molecule has 0 spiro atoms. The summed E-state index contributed by atoms with van der Waals surface area (Å²) in [5.74, 6) is 1.27. The Morgan fingerprint density at radius 2 is 2.06 bits per heavy atom. The molecule has 0 saturated carbocycles. The molecule has 0 amide bonds. The highest BCUT2D eigenvalue weighted by Crippen LogP contribution is 2.42. The zero-order valence-corrected chi connectivity index (χ0v) is 19.7. The largest absolute Gasteiger partial charge is 0.345 e. The number of nitrogens with zero attached hydrogens (tertiary/aromatic N) is 7. The second-order valence-electron chi connectivity index (χ2n) is 8.92. The van der Waals surface area contributed by atoms with Gasteiger partial charge in [0.05, 0.1) is 28.1 Å². The van der Waals surface area contributed by atoms with E-state index in [9.17, 15) is 10.1 Å². The van der Waals surface area contributed by atoms with E-state index in [1.54, 1.807) is 27.5 Å². The van der Waals surface area contributed by atoms with E-state index in [1.165, 1.54) is 6.33 Å². The molecule has 4 aromatic heterocycles. The number of nitriles is 1. The predicted octanol–water partition coefficient (Wildman–Crippen LogP) is 3.86. The van der Waals surface area contributed by atoms with Crippen LogP contribution in [0.4, 0.5) is 5.82 Å². The van der Waals surface area contributed by atoms with Crippen LogP contribution >= 0.6 is 11.6 Å². The molecule has 0 unspecified atom stereocenters. The van der Waals surface area contributed by atoms with Gasteiger partial charge in [0, 0.05) is 18.9 Å². The standard InChI is InChI=1S/C25H21ClN8O/c1-25(9-5-10-33(25)22-19-17(12-27)13-28-21(19)29-15-30-22)24-31-34-11-8-18(26)20(34)23(35)32(24)14-16-6-3-2-4-7-16/h2-4,6-8,11,13,15H,5,9-10,14H2,1H3,(H,28,29,30)/t25-/m0/s1. The lowest BCUT2D eigenvalue weighted by atomic mass is 9.96. The molecule has 10 heteroatoms. The number of benzene rings is 1. The fraction of sp³-hybridized carbons (Fsp3) is 0.240. The third kappa shape index (κ3) is 3.21. The highest BCUT2D eigenvalue weighted by Gasteiger charge is 2.44. The van der Waals surface area contributed by atoms with Crippen LogP contribution in [0, 0.1) is 11.3 Å². The first-order valence-electron chi connectivity index (χ1n) is 11.3. The number of aromatic amines is 1. The van der Waals surface area contributed by atoms with Crippen molar-refractivity contribution in [1.82, 2.24) is 29.1 Å². The van der Waals surface area contributed by atoms with E-state index in [4.69, 9.17) is 16.7 Å². The summed E-state index contributed by atoms with van der Waals surface area (Å²) in [6, 6.07) is 13.7. The van der Waals surface area contributed by atoms with E-state index in [-0.39, 0.29) is 5.56 Å². The minimum Gasteiger partial charge on any atom is -0.345 e. The number of halogens is 1. The third-order valence-corrected chi connectivity index (χ3v) is 7.16. The van der Waals surface area contributed by atoms with Crippen molar-refractivity contribution < 1.29 is 0 Å². The smallest absolute Gasteiger partial charge is 0.279 e. The molecule has 1 N–H and O–H groups in total. The quantitative estimate of drug-likeness (QED) is 0.415. The zero-order valence-electron chi connectivity index (χ0n) is 18.9. The van der Waals surface area contributed by atoms with Gasteiger partial charge in [0.1, 0.15) is 29.4 Å². The monoisotopic (exact) mass is 484 g/mol. The van der Waals surface area contributed by atoms with Gasteiger partial charge < -0.3 is 9.88 Å². The molecule has 6 rings (SSSR count). The lowest BCUT2D eigenvalue weighted by molar-refractivity contribution is 0.415. The van der Waals surface area contributed by atoms with Crippen LogP contribution in [0.2, 0.25) is 5.02 Å². The first-order chi connectivity index (χ1) is 17.0. The van der Waals surface area contributed by atoms with Gasteiger partial charge in [-0.05, 0) is 31.4 Å². The van der Waals surface area contributed by atoms with Gasteiger partial charge in [-0.15, -0.1) is 0 Å². The molecule has 0 radical (unpaired) electrons. The molecular formula is C25H21ClN8O. The molecule has 1 aliphatic rings. The summed E-state index contributed by atoms with van der Waals surface area (Å²) in [6.45, 7) is 3.13. The molecule has 9 nitrogen and oxygen atoms in total. The average Bonchev–Trinajstić information content (AvgIpc) is 3.58. The Morgan fingerprint density at radius 1 is 1.23 bits per heavy atom. The molecule has 1 aromatic carbocycles. The molecule has 5 heterocycles. The molecule has 35 heavy (non-hydrogen) atoms. The molecule has 174 valence electrons. The first kappa shape index (κ1) is 21.4. The summed E-state index contributed by atoms with van der Waals surface area (Å²) in [7, 11) is 0. The number of fused-ring (bicyclic) bond motifs is 2. The topological polar surface area (TPSA) is 108 Å². The van der Waals surface area contributed by atoms with E-state index in [0.717, 1.165) is 18.4 Å². The number of hydrogen-bond acceptors (Lipinski definition) is 6. The fourth-order valence-electron chi connectivity index (χ4n) is 5.15. The Kier molecular flexibility index (Phi) is 4.86. The van der Waals surface area contributed by atoms with Gasteiger partial charge in [-0.1, -0.05) is 41.9 Å². The van der Waals surface area contributed by atoms with E-state index in [1.807, 2.05) is 30.3 Å². The fourth-order valence-corrected chi connectivity index (χ4v) is 5.37. The van der Waals surface area contributed by atoms with Crippen LogP contribution in [0.25, 0.3) is 16.6 Å².